The van der Waals surface area contributed by atoms with Crippen molar-refractivity contribution in [1.29, 1.82) is 0 Å². The van der Waals surface area contributed by atoms with Crippen LogP contribution in [0, 0.1) is 5.92 Å². The first kappa shape index (κ1) is 18.0. The Morgan fingerprint density at radius 3 is 2.77 bits per heavy atom. The molecule has 4 rings (SSSR count). The molecule has 3 heterocycles. The third-order valence-corrected chi connectivity index (χ3v) is 6.33. The molecule has 0 amide bonds. The van der Waals surface area contributed by atoms with Crippen molar-refractivity contribution in [2.75, 3.05) is 39.8 Å². The van der Waals surface area contributed by atoms with Crippen LogP contribution in [0.2, 0.25) is 0 Å². The molecule has 0 aliphatic carbocycles. The lowest BCUT2D eigenvalue weighted by molar-refractivity contribution is -0.183. The zero-order chi connectivity index (χ0) is 18.1. The van der Waals surface area contributed by atoms with E-state index in [0.29, 0.717) is 12.0 Å². The first-order chi connectivity index (χ1) is 12.5. The number of nitrogens with one attached hydrogen (secondary N) is 1. The van der Waals surface area contributed by atoms with Crippen LogP contribution < -0.4 is 0 Å². The van der Waals surface area contributed by atoms with Crippen molar-refractivity contribution in [2.45, 2.75) is 44.8 Å². The van der Waals surface area contributed by atoms with Gasteiger partial charge in [-0.15, -0.1) is 0 Å². The first-order valence-corrected chi connectivity index (χ1v) is 10.2. The molecule has 0 saturated carbocycles. The number of benzene rings is 1. The minimum atomic E-state index is 0.0826. The van der Waals surface area contributed by atoms with E-state index in [1.165, 1.54) is 16.5 Å². The average molecular weight is 356 g/mol. The van der Waals surface area contributed by atoms with Gasteiger partial charge < -0.3 is 19.5 Å². The Morgan fingerprint density at radius 2 is 2.00 bits per heavy atom. The molecular formula is C22H33N3O. The normalized spacial score (nSPS) is 24.7. The summed E-state index contributed by atoms with van der Waals surface area (Å²) in [6.07, 6.45) is 6.00. The third-order valence-electron chi connectivity index (χ3n) is 6.33. The van der Waals surface area contributed by atoms with Crippen molar-refractivity contribution in [3.05, 3.63) is 36.0 Å². The van der Waals surface area contributed by atoms with Gasteiger partial charge in [0.05, 0.1) is 11.7 Å². The standard InChI is InChI=1S/C22H33N3O/c1-17(2)21-15-24(3)16-22(26-21)9-12-25(13-10-22)11-8-18-14-23-20-7-5-4-6-19(18)20/h4-7,14,17,21,23H,8-13,15-16H2,1-3H3. The minimum Gasteiger partial charge on any atom is -0.369 e. The van der Waals surface area contributed by atoms with Gasteiger partial charge in [0.1, 0.15) is 0 Å². The molecule has 1 aromatic heterocycles. The van der Waals surface area contributed by atoms with Crippen molar-refractivity contribution in [3.63, 3.8) is 0 Å². The Hall–Kier alpha value is -1.36. The Labute approximate surface area is 157 Å². The van der Waals surface area contributed by atoms with E-state index in [4.69, 9.17) is 4.74 Å². The van der Waals surface area contributed by atoms with E-state index in [2.05, 4.69) is 66.1 Å². The zero-order valence-electron chi connectivity index (χ0n) is 16.5. The second kappa shape index (κ2) is 7.34. The molecule has 2 aromatic rings. The fourth-order valence-electron chi connectivity index (χ4n) is 4.68. The largest absolute Gasteiger partial charge is 0.369 e. The lowest BCUT2D eigenvalue weighted by Gasteiger charge is -2.50. The topological polar surface area (TPSA) is 31.5 Å². The molecule has 1 unspecified atom stereocenters. The monoisotopic (exact) mass is 355 g/mol. The van der Waals surface area contributed by atoms with Crippen molar-refractivity contribution in [3.8, 4) is 0 Å². The van der Waals surface area contributed by atoms with Crippen LogP contribution in [0.1, 0.15) is 32.3 Å². The molecule has 1 N–H and O–H groups in total. The van der Waals surface area contributed by atoms with E-state index in [1.54, 1.807) is 0 Å². The quantitative estimate of drug-likeness (QED) is 0.910. The molecule has 2 aliphatic heterocycles. The number of aromatic amines is 1. The number of hydrogen-bond acceptors (Lipinski definition) is 3. The summed E-state index contributed by atoms with van der Waals surface area (Å²) in [5, 5.41) is 1.37. The Kier molecular flexibility index (Phi) is 5.09. The van der Waals surface area contributed by atoms with Gasteiger partial charge in [0, 0.05) is 49.8 Å². The number of morpholine rings is 1. The number of H-pyrrole nitrogens is 1. The van der Waals surface area contributed by atoms with Crippen molar-refractivity contribution in [2.24, 2.45) is 5.92 Å². The van der Waals surface area contributed by atoms with Gasteiger partial charge in [-0.2, -0.15) is 0 Å². The Bertz CT molecular complexity index is 730. The molecule has 142 valence electrons. The van der Waals surface area contributed by atoms with E-state index in [0.717, 1.165) is 52.0 Å². The molecule has 0 bridgehead atoms. The molecule has 2 fully saturated rings. The predicted octanol–water partition coefficient (Wildman–Crippen LogP) is 3.53. The van der Waals surface area contributed by atoms with Gasteiger partial charge in [-0.05, 0) is 43.9 Å². The molecule has 1 spiro atoms. The molecule has 1 aromatic carbocycles. The molecule has 2 saturated heterocycles. The number of piperidine rings is 1. The molecule has 2 aliphatic rings. The summed E-state index contributed by atoms with van der Waals surface area (Å²) in [5.74, 6) is 0.592. The van der Waals surface area contributed by atoms with Gasteiger partial charge in [-0.3, -0.25) is 0 Å². The maximum absolute atomic E-state index is 6.63. The highest BCUT2D eigenvalue weighted by atomic mass is 16.5. The number of aromatic nitrogens is 1. The zero-order valence-corrected chi connectivity index (χ0v) is 16.5. The summed E-state index contributed by atoms with van der Waals surface area (Å²) >= 11 is 0. The Balaban J connectivity index is 1.33. The molecule has 1 atom stereocenters. The molecular weight excluding hydrogens is 322 g/mol. The molecule has 0 radical (unpaired) electrons. The SMILES string of the molecule is CC(C)C1CN(C)CC2(CCN(CCc3c[nH]c4ccccc34)CC2)O1. The summed E-state index contributed by atoms with van der Waals surface area (Å²) in [7, 11) is 2.25. The molecule has 4 nitrogen and oxygen atoms in total. The summed E-state index contributed by atoms with van der Waals surface area (Å²) in [4.78, 5) is 8.50. The maximum atomic E-state index is 6.63. The van der Waals surface area contributed by atoms with Gasteiger partial charge in [0.2, 0.25) is 0 Å². The summed E-state index contributed by atoms with van der Waals surface area (Å²) in [6, 6.07) is 8.61. The van der Waals surface area contributed by atoms with E-state index in [9.17, 15) is 0 Å². The van der Waals surface area contributed by atoms with Crippen molar-refractivity contribution in [1.82, 2.24) is 14.8 Å². The van der Waals surface area contributed by atoms with Crippen molar-refractivity contribution < 1.29 is 4.74 Å². The van der Waals surface area contributed by atoms with Gasteiger partial charge in [-0.1, -0.05) is 32.0 Å². The number of likely N-dealkylation sites (N-methyl/N-ethyl adjacent to an activating group) is 1. The van der Waals surface area contributed by atoms with Crippen LogP contribution in [0.25, 0.3) is 10.9 Å². The van der Waals surface area contributed by atoms with E-state index in [-0.39, 0.29) is 5.60 Å². The highest BCUT2D eigenvalue weighted by molar-refractivity contribution is 5.83. The van der Waals surface area contributed by atoms with Crippen LogP contribution in [-0.4, -0.2) is 66.3 Å². The van der Waals surface area contributed by atoms with Crippen LogP contribution in [-0.2, 0) is 11.2 Å². The lowest BCUT2D eigenvalue weighted by Crippen LogP contribution is -2.59. The van der Waals surface area contributed by atoms with Crippen LogP contribution in [0.3, 0.4) is 0 Å². The molecule has 4 heteroatoms. The summed E-state index contributed by atoms with van der Waals surface area (Å²) in [5.41, 5.74) is 2.77. The second-order valence-electron chi connectivity index (χ2n) is 8.73. The summed E-state index contributed by atoms with van der Waals surface area (Å²) in [6.45, 7) is 10.2. The van der Waals surface area contributed by atoms with Crippen LogP contribution in [0.4, 0.5) is 0 Å². The number of ether oxygens (including phenoxy) is 1. The Morgan fingerprint density at radius 1 is 1.23 bits per heavy atom. The lowest BCUT2D eigenvalue weighted by atomic mass is 9.87. The first-order valence-electron chi connectivity index (χ1n) is 10.2. The van der Waals surface area contributed by atoms with Crippen LogP contribution in [0.15, 0.2) is 30.5 Å². The van der Waals surface area contributed by atoms with Crippen LogP contribution in [0.5, 0.6) is 0 Å². The van der Waals surface area contributed by atoms with E-state index < -0.39 is 0 Å². The maximum Gasteiger partial charge on any atom is 0.0837 e. The number of hydrogen-bond donors (Lipinski definition) is 1. The summed E-state index contributed by atoms with van der Waals surface area (Å²) < 4.78 is 6.63. The minimum absolute atomic E-state index is 0.0826. The van der Waals surface area contributed by atoms with Gasteiger partial charge in [0.15, 0.2) is 0 Å². The molecule has 26 heavy (non-hydrogen) atoms. The fourth-order valence-corrected chi connectivity index (χ4v) is 4.68. The number of fused-ring (bicyclic) bond motifs is 1. The number of likely N-dealkylation sites (tertiary alicyclic amines) is 1. The average Bonchev–Trinajstić information content (AvgIpc) is 3.04. The number of rotatable bonds is 4. The van der Waals surface area contributed by atoms with Crippen molar-refractivity contribution >= 4 is 10.9 Å². The highest BCUT2D eigenvalue weighted by Gasteiger charge is 2.42. The van der Waals surface area contributed by atoms with Gasteiger partial charge >= 0.3 is 0 Å². The predicted molar refractivity (Wildman–Crippen MR) is 108 cm³/mol. The van der Waals surface area contributed by atoms with E-state index in [1.807, 2.05) is 0 Å². The van der Waals surface area contributed by atoms with Crippen LogP contribution >= 0.6 is 0 Å². The smallest absolute Gasteiger partial charge is 0.0837 e. The fraction of sp³-hybridized carbons (Fsp3) is 0.636. The second-order valence-corrected chi connectivity index (χ2v) is 8.73. The number of nitrogens with zero attached hydrogens (tertiary/aromatic N) is 2. The van der Waals surface area contributed by atoms with E-state index >= 15 is 0 Å². The number of para-hydroxylation sites is 1. The van der Waals surface area contributed by atoms with Gasteiger partial charge in [0.25, 0.3) is 0 Å². The third kappa shape index (κ3) is 3.68. The van der Waals surface area contributed by atoms with Gasteiger partial charge in [-0.25, -0.2) is 0 Å². The highest BCUT2D eigenvalue weighted by Crippen LogP contribution is 2.34.